The molecule has 1 fully saturated rings. The Kier molecular flexibility index (Phi) is 11.1. The zero-order chi connectivity index (χ0) is 20.6. The molecule has 0 radical (unpaired) electrons. The van der Waals surface area contributed by atoms with E-state index in [0.717, 1.165) is 51.2 Å². The first-order chi connectivity index (χ1) is 13.4. The zero-order valence-corrected chi connectivity index (χ0v) is 19.7. The van der Waals surface area contributed by atoms with Crippen LogP contribution in [0.2, 0.25) is 0 Å². The van der Waals surface area contributed by atoms with E-state index in [1.54, 1.807) is 7.05 Å². The fourth-order valence-electron chi connectivity index (χ4n) is 3.50. The maximum Gasteiger partial charge on any atom is 0.419 e. The Hall–Kier alpha value is -1.23. The first-order valence-corrected chi connectivity index (χ1v) is 9.86. The standard InChI is InChI=1S/C20H31F3N4O.HI/c1-4-26(5-2)14-16-10-12-27(15-16)19(24-3)25-11-13-28-18-9-7-6-8-17(18)20(21,22)23;/h6-9,16H,4-5,10-15H2,1-3H3,(H,24,25);1H. The lowest BCUT2D eigenvalue weighted by Gasteiger charge is -2.24. The van der Waals surface area contributed by atoms with E-state index in [4.69, 9.17) is 4.74 Å². The summed E-state index contributed by atoms with van der Waals surface area (Å²) in [5.74, 6) is 1.23. The number of alkyl halides is 3. The lowest BCUT2D eigenvalue weighted by Crippen LogP contribution is -2.42. The highest BCUT2D eigenvalue weighted by molar-refractivity contribution is 14.0. The van der Waals surface area contributed by atoms with Crippen LogP contribution in [0.3, 0.4) is 0 Å². The van der Waals surface area contributed by atoms with Gasteiger partial charge in [0.15, 0.2) is 5.96 Å². The van der Waals surface area contributed by atoms with E-state index in [1.807, 2.05) is 0 Å². The van der Waals surface area contributed by atoms with Crippen LogP contribution in [0.1, 0.15) is 25.8 Å². The molecule has 2 rings (SSSR count). The van der Waals surface area contributed by atoms with Gasteiger partial charge in [-0.05, 0) is 37.6 Å². The van der Waals surface area contributed by atoms with Crippen LogP contribution in [-0.2, 0) is 6.18 Å². The molecule has 1 atom stereocenters. The SMILES string of the molecule is CCN(CC)CC1CCN(C(=NC)NCCOc2ccccc2C(F)(F)F)C1.I. The summed E-state index contributed by atoms with van der Waals surface area (Å²) in [4.78, 5) is 8.94. The van der Waals surface area contributed by atoms with Crippen LogP contribution in [0.15, 0.2) is 29.3 Å². The van der Waals surface area contributed by atoms with Gasteiger partial charge < -0.3 is 19.9 Å². The molecule has 1 aromatic carbocycles. The van der Waals surface area contributed by atoms with Crippen molar-refractivity contribution in [2.24, 2.45) is 10.9 Å². The number of nitrogens with one attached hydrogen (secondary N) is 1. The molecule has 9 heteroatoms. The van der Waals surface area contributed by atoms with Crippen LogP contribution in [0, 0.1) is 5.92 Å². The summed E-state index contributed by atoms with van der Waals surface area (Å²) >= 11 is 0. The highest BCUT2D eigenvalue weighted by Gasteiger charge is 2.34. The lowest BCUT2D eigenvalue weighted by molar-refractivity contribution is -0.138. The number of hydrogen-bond acceptors (Lipinski definition) is 3. The molecule has 1 saturated heterocycles. The molecule has 1 N–H and O–H groups in total. The van der Waals surface area contributed by atoms with E-state index in [-0.39, 0.29) is 36.3 Å². The molecule has 1 aliphatic rings. The van der Waals surface area contributed by atoms with Crippen LogP contribution < -0.4 is 10.1 Å². The molecule has 1 aromatic rings. The van der Waals surface area contributed by atoms with Crippen molar-refractivity contribution in [3.8, 4) is 5.75 Å². The van der Waals surface area contributed by atoms with Crippen LogP contribution in [0.5, 0.6) is 5.75 Å². The number of rotatable bonds is 8. The Bertz CT molecular complexity index is 638. The summed E-state index contributed by atoms with van der Waals surface area (Å²) in [6.45, 7) is 9.92. The molecule has 0 spiro atoms. The van der Waals surface area contributed by atoms with Gasteiger partial charge in [0.2, 0.25) is 0 Å². The van der Waals surface area contributed by atoms with Crippen molar-refractivity contribution in [3.63, 3.8) is 0 Å². The minimum absolute atomic E-state index is 0. The van der Waals surface area contributed by atoms with Gasteiger partial charge in [0, 0.05) is 26.7 Å². The van der Waals surface area contributed by atoms with Gasteiger partial charge >= 0.3 is 6.18 Å². The summed E-state index contributed by atoms with van der Waals surface area (Å²) in [7, 11) is 1.72. The highest BCUT2D eigenvalue weighted by Crippen LogP contribution is 2.35. The van der Waals surface area contributed by atoms with E-state index in [1.165, 1.54) is 18.2 Å². The van der Waals surface area contributed by atoms with Gasteiger partial charge in [0.1, 0.15) is 12.4 Å². The molecule has 5 nitrogen and oxygen atoms in total. The van der Waals surface area contributed by atoms with Crippen molar-refractivity contribution >= 4 is 29.9 Å². The van der Waals surface area contributed by atoms with Crippen molar-refractivity contribution in [2.45, 2.75) is 26.4 Å². The fraction of sp³-hybridized carbons (Fsp3) is 0.650. The fourth-order valence-corrected chi connectivity index (χ4v) is 3.50. The van der Waals surface area contributed by atoms with Crippen molar-refractivity contribution in [1.29, 1.82) is 0 Å². The number of halogens is 4. The largest absolute Gasteiger partial charge is 0.491 e. The van der Waals surface area contributed by atoms with E-state index in [2.05, 4.69) is 34.0 Å². The Labute approximate surface area is 188 Å². The highest BCUT2D eigenvalue weighted by atomic mass is 127. The van der Waals surface area contributed by atoms with E-state index >= 15 is 0 Å². The molecule has 0 aliphatic carbocycles. The smallest absolute Gasteiger partial charge is 0.419 e. The van der Waals surface area contributed by atoms with Crippen molar-refractivity contribution < 1.29 is 17.9 Å². The number of hydrogen-bond donors (Lipinski definition) is 1. The van der Waals surface area contributed by atoms with Crippen LogP contribution >= 0.6 is 24.0 Å². The minimum Gasteiger partial charge on any atom is -0.491 e. The maximum atomic E-state index is 13.0. The molecule has 0 amide bonds. The average molecular weight is 528 g/mol. The Morgan fingerprint density at radius 1 is 1.28 bits per heavy atom. The van der Waals surface area contributed by atoms with Gasteiger partial charge in [-0.15, -0.1) is 24.0 Å². The first-order valence-electron chi connectivity index (χ1n) is 9.86. The Balaban J connectivity index is 0.00000420. The maximum absolute atomic E-state index is 13.0. The predicted octanol–water partition coefficient (Wildman–Crippen LogP) is 3.94. The van der Waals surface area contributed by atoms with E-state index in [0.29, 0.717) is 12.5 Å². The average Bonchev–Trinajstić information content (AvgIpc) is 3.14. The molecule has 1 aliphatic heterocycles. The molecule has 1 heterocycles. The third-order valence-corrected chi connectivity index (χ3v) is 5.04. The molecule has 166 valence electrons. The topological polar surface area (TPSA) is 40.1 Å². The summed E-state index contributed by atoms with van der Waals surface area (Å²) in [6.07, 6.45) is -3.30. The summed E-state index contributed by atoms with van der Waals surface area (Å²) in [5.41, 5.74) is -0.752. The molecule has 0 saturated carbocycles. The molecule has 0 bridgehead atoms. The van der Waals surface area contributed by atoms with Crippen LogP contribution in [0.4, 0.5) is 13.2 Å². The normalized spacial score (nSPS) is 17.4. The molecule has 1 unspecified atom stereocenters. The lowest BCUT2D eigenvalue weighted by atomic mass is 10.1. The van der Waals surface area contributed by atoms with Gasteiger partial charge in [0.25, 0.3) is 0 Å². The number of likely N-dealkylation sites (tertiary alicyclic amines) is 1. The predicted molar refractivity (Wildman–Crippen MR) is 121 cm³/mol. The number of guanidine groups is 1. The number of ether oxygens (including phenoxy) is 1. The third-order valence-electron chi connectivity index (χ3n) is 5.04. The number of para-hydroxylation sites is 1. The molecule has 29 heavy (non-hydrogen) atoms. The molecule has 0 aromatic heterocycles. The number of aliphatic imine (C=N–C) groups is 1. The molecular formula is C20H32F3IN4O. The van der Waals surface area contributed by atoms with Crippen LogP contribution in [0.25, 0.3) is 0 Å². The van der Waals surface area contributed by atoms with Gasteiger partial charge in [-0.25, -0.2) is 0 Å². The van der Waals surface area contributed by atoms with Gasteiger partial charge in [0.05, 0.1) is 12.1 Å². The van der Waals surface area contributed by atoms with E-state index in [9.17, 15) is 13.2 Å². The summed E-state index contributed by atoms with van der Waals surface area (Å²) < 4.78 is 44.4. The van der Waals surface area contributed by atoms with E-state index < -0.39 is 11.7 Å². The molecular weight excluding hydrogens is 496 g/mol. The first kappa shape index (κ1) is 25.8. The summed E-state index contributed by atoms with van der Waals surface area (Å²) in [5, 5.41) is 3.20. The van der Waals surface area contributed by atoms with Gasteiger partial charge in [-0.2, -0.15) is 13.2 Å². The third kappa shape index (κ3) is 7.84. The number of nitrogens with zero attached hydrogens (tertiary/aromatic N) is 3. The second-order valence-electron chi connectivity index (χ2n) is 6.90. The Morgan fingerprint density at radius 3 is 2.59 bits per heavy atom. The zero-order valence-electron chi connectivity index (χ0n) is 17.3. The monoisotopic (exact) mass is 528 g/mol. The second-order valence-corrected chi connectivity index (χ2v) is 6.90. The van der Waals surface area contributed by atoms with Crippen LogP contribution in [-0.4, -0.2) is 68.7 Å². The quantitative estimate of drug-likeness (QED) is 0.240. The summed E-state index contributed by atoms with van der Waals surface area (Å²) in [6, 6.07) is 5.27. The minimum atomic E-state index is -4.42. The van der Waals surface area contributed by atoms with Crippen molar-refractivity contribution in [1.82, 2.24) is 15.1 Å². The van der Waals surface area contributed by atoms with Gasteiger partial charge in [-0.3, -0.25) is 4.99 Å². The van der Waals surface area contributed by atoms with Crippen molar-refractivity contribution in [2.75, 3.05) is 52.9 Å². The number of benzene rings is 1. The second kappa shape index (κ2) is 12.5. The Morgan fingerprint density at radius 2 is 1.97 bits per heavy atom. The van der Waals surface area contributed by atoms with Gasteiger partial charge in [-0.1, -0.05) is 26.0 Å². The van der Waals surface area contributed by atoms with Crippen molar-refractivity contribution in [3.05, 3.63) is 29.8 Å².